The highest BCUT2D eigenvalue weighted by atomic mass is 32.2. The molecular weight excluding hydrogens is 328 g/mol. The summed E-state index contributed by atoms with van der Waals surface area (Å²) in [5.74, 6) is 0.608. The number of sulfonamides is 1. The molecule has 0 saturated heterocycles. The second-order valence-electron chi connectivity index (χ2n) is 5.99. The summed E-state index contributed by atoms with van der Waals surface area (Å²) in [6, 6.07) is 6.78. The smallest absolute Gasteiger partial charge is 0.244 e. The van der Waals surface area contributed by atoms with Crippen LogP contribution >= 0.6 is 0 Å². The Bertz CT molecular complexity index is 664. The molecule has 0 heterocycles. The van der Waals surface area contributed by atoms with E-state index in [1.165, 1.54) is 18.9 Å². The van der Waals surface area contributed by atoms with Gasteiger partial charge in [-0.1, -0.05) is 12.1 Å². The number of ether oxygens (including phenoxy) is 1. The first kappa shape index (κ1) is 18.5. The molecule has 1 aromatic carbocycles. The van der Waals surface area contributed by atoms with Crippen LogP contribution in [0, 0.1) is 5.92 Å². The van der Waals surface area contributed by atoms with Crippen LogP contribution in [-0.4, -0.2) is 40.3 Å². The molecule has 1 aliphatic carbocycles. The maximum absolute atomic E-state index is 11.7. The Morgan fingerprint density at radius 1 is 1.29 bits per heavy atom. The van der Waals surface area contributed by atoms with Gasteiger partial charge < -0.3 is 10.1 Å². The quantitative estimate of drug-likeness (QED) is 0.498. The summed E-state index contributed by atoms with van der Waals surface area (Å²) in [6.45, 7) is 2.11. The molecule has 132 valence electrons. The van der Waals surface area contributed by atoms with Crippen LogP contribution < -0.4 is 10.0 Å². The Kier molecular flexibility index (Phi) is 6.81. The molecule has 2 N–H and O–H groups in total. The summed E-state index contributed by atoms with van der Waals surface area (Å²) < 4.78 is 30.1. The minimum Gasteiger partial charge on any atom is -0.381 e. The average molecular weight is 352 g/mol. The van der Waals surface area contributed by atoms with E-state index in [1.807, 2.05) is 0 Å². The highest BCUT2D eigenvalue weighted by Gasteiger charge is 2.20. The molecule has 0 radical (unpaired) electrons. The lowest BCUT2D eigenvalue weighted by Gasteiger charge is -2.04. The molecule has 0 aromatic heterocycles. The molecule has 1 fully saturated rings. The molecule has 0 atom stereocenters. The number of rotatable bonds is 10. The normalized spacial score (nSPS) is 14.7. The van der Waals surface area contributed by atoms with Crippen LogP contribution in [0.2, 0.25) is 0 Å². The highest BCUT2D eigenvalue weighted by Crippen LogP contribution is 2.28. The number of benzene rings is 1. The topological polar surface area (TPSA) is 84.5 Å². The lowest BCUT2D eigenvalue weighted by molar-refractivity contribution is -0.116. The van der Waals surface area contributed by atoms with E-state index in [0.717, 1.165) is 30.8 Å². The van der Waals surface area contributed by atoms with Crippen LogP contribution in [0.15, 0.2) is 30.3 Å². The maximum atomic E-state index is 11.7. The van der Waals surface area contributed by atoms with E-state index in [-0.39, 0.29) is 5.91 Å². The molecule has 6 nitrogen and oxygen atoms in total. The molecule has 1 saturated carbocycles. The summed E-state index contributed by atoms with van der Waals surface area (Å²) in [6.07, 6.45) is 7.62. The van der Waals surface area contributed by atoms with E-state index in [2.05, 4.69) is 10.0 Å². The fourth-order valence-electron chi connectivity index (χ4n) is 2.03. The summed E-state index contributed by atoms with van der Waals surface area (Å²) in [7, 11) is -3.28. The predicted octanol–water partition coefficient (Wildman–Crippen LogP) is 2.00. The van der Waals surface area contributed by atoms with Gasteiger partial charge >= 0.3 is 0 Å². The van der Waals surface area contributed by atoms with E-state index in [0.29, 0.717) is 18.8 Å². The maximum Gasteiger partial charge on any atom is 0.244 e. The van der Waals surface area contributed by atoms with E-state index in [9.17, 15) is 13.2 Å². The van der Waals surface area contributed by atoms with Gasteiger partial charge in [-0.05, 0) is 49.0 Å². The van der Waals surface area contributed by atoms with Crippen LogP contribution in [0.4, 0.5) is 5.69 Å². The van der Waals surface area contributed by atoms with Gasteiger partial charge in [-0.2, -0.15) is 0 Å². The Balaban J connectivity index is 1.64. The number of amides is 1. The van der Waals surface area contributed by atoms with Gasteiger partial charge in [0.25, 0.3) is 0 Å². The van der Waals surface area contributed by atoms with Gasteiger partial charge in [-0.15, -0.1) is 0 Å². The van der Waals surface area contributed by atoms with E-state index >= 15 is 0 Å². The number of nitrogens with one attached hydrogen (secondary N) is 2. The van der Waals surface area contributed by atoms with Crippen molar-refractivity contribution < 1.29 is 17.9 Å². The fourth-order valence-corrected chi connectivity index (χ4v) is 2.59. The minimum atomic E-state index is -3.28. The lowest BCUT2D eigenvalue weighted by atomic mass is 10.2. The van der Waals surface area contributed by atoms with Gasteiger partial charge in [0.2, 0.25) is 15.9 Å². The molecule has 1 aromatic rings. The SMILES string of the molecule is CS(=O)(=O)Nc1ccc(/C=C/C(=O)NCCCOCC2CC2)cc1. The summed E-state index contributed by atoms with van der Waals surface area (Å²) in [5.41, 5.74) is 1.31. The third kappa shape index (κ3) is 8.12. The summed E-state index contributed by atoms with van der Waals surface area (Å²) >= 11 is 0. The zero-order chi connectivity index (χ0) is 17.4. The molecule has 0 spiro atoms. The van der Waals surface area contributed by atoms with Crippen LogP contribution in [-0.2, 0) is 19.6 Å². The number of carbonyl (C=O) groups is 1. The van der Waals surface area contributed by atoms with Crippen LogP contribution in [0.1, 0.15) is 24.8 Å². The zero-order valence-electron chi connectivity index (χ0n) is 13.8. The van der Waals surface area contributed by atoms with Gasteiger partial charge in [-0.3, -0.25) is 9.52 Å². The molecule has 2 rings (SSSR count). The van der Waals surface area contributed by atoms with Gasteiger partial charge in [0.15, 0.2) is 0 Å². The lowest BCUT2D eigenvalue weighted by Crippen LogP contribution is -2.23. The van der Waals surface area contributed by atoms with Crippen molar-refractivity contribution in [2.24, 2.45) is 5.92 Å². The number of hydrogen-bond donors (Lipinski definition) is 2. The standard InChI is InChI=1S/C17H24N2O4S/c1-24(21,22)19-16-8-5-14(6-9-16)7-10-17(20)18-11-2-12-23-13-15-3-4-15/h5-10,15,19H,2-4,11-13H2,1H3,(H,18,20)/b10-7+. The van der Waals surface area contributed by atoms with Gasteiger partial charge in [0.05, 0.1) is 6.26 Å². The summed E-state index contributed by atoms with van der Waals surface area (Å²) in [4.78, 5) is 11.7. The number of hydrogen-bond acceptors (Lipinski definition) is 4. The number of carbonyl (C=O) groups excluding carboxylic acids is 1. The second kappa shape index (κ2) is 8.84. The first-order valence-electron chi connectivity index (χ1n) is 8.04. The zero-order valence-corrected chi connectivity index (χ0v) is 14.6. The van der Waals surface area contributed by atoms with E-state index in [4.69, 9.17) is 4.74 Å². The minimum absolute atomic E-state index is 0.157. The molecule has 24 heavy (non-hydrogen) atoms. The average Bonchev–Trinajstić information content (AvgIpc) is 3.33. The molecule has 0 aliphatic heterocycles. The van der Waals surface area contributed by atoms with Crippen molar-refractivity contribution in [1.82, 2.24) is 5.32 Å². The van der Waals surface area contributed by atoms with Crippen LogP contribution in [0.3, 0.4) is 0 Å². The molecule has 7 heteroatoms. The third-order valence-electron chi connectivity index (χ3n) is 3.46. The first-order valence-corrected chi connectivity index (χ1v) is 9.93. The second-order valence-corrected chi connectivity index (χ2v) is 7.74. The highest BCUT2D eigenvalue weighted by molar-refractivity contribution is 7.92. The fraction of sp³-hybridized carbons (Fsp3) is 0.471. The van der Waals surface area contributed by atoms with E-state index in [1.54, 1.807) is 30.3 Å². The molecule has 1 aliphatic rings. The Morgan fingerprint density at radius 2 is 2.00 bits per heavy atom. The monoisotopic (exact) mass is 352 g/mol. The molecule has 1 amide bonds. The Morgan fingerprint density at radius 3 is 2.62 bits per heavy atom. The predicted molar refractivity (Wildman–Crippen MR) is 95.1 cm³/mol. The Labute approximate surface area is 143 Å². The van der Waals surface area contributed by atoms with Gasteiger partial charge in [-0.25, -0.2) is 8.42 Å². The van der Waals surface area contributed by atoms with Gasteiger partial charge in [0.1, 0.15) is 0 Å². The molecular formula is C17H24N2O4S. The third-order valence-corrected chi connectivity index (χ3v) is 4.06. The van der Waals surface area contributed by atoms with Crippen molar-refractivity contribution >= 4 is 27.7 Å². The molecule has 0 bridgehead atoms. The van der Waals surface area contributed by atoms with Gasteiger partial charge in [0, 0.05) is 31.5 Å². The van der Waals surface area contributed by atoms with Crippen molar-refractivity contribution in [3.05, 3.63) is 35.9 Å². The van der Waals surface area contributed by atoms with Crippen molar-refractivity contribution in [2.45, 2.75) is 19.3 Å². The largest absolute Gasteiger partial charge is 0.381 e. The van der Waals surface area contributed by atoms with Crippen molar-refractivity contribution in [3.63, 3.8) is 0 Å². The van der Waals surface area contributed by atoms with Crippen molar-refractivity contribution in [2.75, 3.05) is 30.7 Å². The van der Waals surface area contributed by atoms with Crippen LogP contribution in [0.5, 0.6) is 0 Å². The first-order chi connectivity index (χ1) is 11.4. The molecule has 0 unspecified atom stereocenters. The van der Waals surface area contributed by atoms with Crippen molar-refractivity contribution in [3.8, 4) is 0 Å². The van der Waals surface area contributed by atoms with Crippen LogP contribution in [0.25, 0.3) is 6.08 Å². The Hall–Kier alpha value is -1.86. The summed E-state index contributed by atoms with van der Waals surface area (Å²) in [5, 5.41) is 2.80. The van der Waals surface area contributed by atoms with Crippen molar-refractivity contribution in [1.29, 1.82) is 0 Å². The van der Waals surface area contributed by atoms with E-state index < -0.39 is 10.0 Å². The number of anilines is 1.